The zero-order valence-corrected chi connectivity index (χ0v) is 18.7. The number of carbonyl (C=O) groups excluding carboxylic acids is 1. The molecule has 4 rings (SSSR count). The predicted molar refractivity (Wildman–Crippen MR) is 126 cm³/mol. The van der Waals surface area contributed by atoms with Gasteiger partial charge in [-0.25, -0.2) is 9.97 Å². The number of carbonyl (C=O) groups is 1. The van der Waals surface area contributed by atoms with Crippen LogP contribution in [0.25, 0.3) is 11.1 Å². The second kappa shape index (κ2) is 9.80. The molecule has 7 nitrogen and oxygen atoms in total. The van der Waals surface area contributed by atoms with Gasteiger partial charge in [0.15, 0.2) is 0 Å². The summed E-state index contributed by atoms with van der Waals surface area (Å²) in [6.45, 7) is 0.326. The molecule has 1 amide bonds. The quantitative estimate of drug-likeness (QED) is 0.409. The second-order valence-electron chi connectivity index (χ2n) is 7.21. The first-order chi connectivity index (χ1) is 15.5. The van der Waals surface area contributed by atoms with Crippen LogP contribution in [0, 0.1) is 0 Å². The Morgan fingerprint density at radius 2 is 1.75 bits per heavy atom. The van der Waals surface area contributed by atoms with Crippen molar-refractivity contribution in [3.63, 3.8) is 0 Å². The smallest absolute Gasteiger partial charge is 0.227 e. The summed E-state index contributed by atoms with van der Waals surface area (Å²) < 4.78 is 1.70. The largest absolute Gasteiger partial charge is 0.352 e. The van der Waals surface area contributed by atoms with Gasteiger partial charge in [-0.05, 0) is 34.9 Å². The van der Waals surface area contributed by atoms with Gasteiger partial charge in [-0.1, -0.05) is 47.5 Å². The van der Waals surface area contributed by atoms with E-state index >= 15 is 0 Å². The number of amides is 1. The molecule has 0 aliphatic carbocycles. The van der Waals surface area contributed by atoms with Crippen LogP contribution in [0.2, 0.25) is 10.0 Å². The molecule has 0 aliphatic rings. The van der Waals surface area contributed by atoms with Crippen molar-refractivity contribution in [1.29, 1.82) is 0 Å². The molecule has 0 aliphatic heterocycles. The van der Waals surface area contributed by atoms with Gasteiger partial charge in [0.2, 0.25) is 11.9 Å². The summed E-state index contributed by atoms with van der Waals surface area (Å²) in [5, 5.41) is 11.2. The van der Waals surface area contributed by atoms with E-state index in [2.05, 4.69) is 25.7 Å². The lowest BCUT2D eigenvalue weighted by atomic mass is 10.0. The Labute approximate surface area is 195 Å². The van der Waals surface area contributed by atoms with Gasteiger partial charge in [0.05, 0.1) is 18.3 Å². The van der Waals surface area contributed by atoms with Crippen LogP contribution in [0.5, 0.6) is 0 Å². The van der Waals surface area contributed by atoms with Crippen molar-refractivity contribution in [3.8, 4) is 11.1 Å². The SMILES string of the molecule is Cn1cc(Nc2ncc(-c3ccc(CC(=O)NCc4cc(Cl)ccc4Cl)cc3)cn2)cn1. The number of rotatable bonds is 7. The van der Waals surface area contributed by atoms with Crippen LogP contribution in [0.15, 0.2) is 67.3 Å². The molecule has 0 spiro atoms. The number of nitrogens with one attached hydrogen (secondary N) is 2. The molecule has 162 valence electrons. The van der Waals surface area contributed by atoms with E-state index in [0.717, 1.165) is 27.9 Å². The van der Waals surface area contributed by atoms with Crippen molar-refractivity contribution in [2.45, 2.75) is 13.0 Å². The number of aromatic nitrogens is 4. The van der Waals surface area contributed by atoms with Gasteiger partial charge in [-0.15, -0.1) is 0 Å². The third-order valence-corrected chi connectivity index (χ3v) is 5.35. The third kappa shape index (κ3) is 5.63. The van der Waals surface area contributed by atoms with Crippen LogP contribution in [0.4, 0.5) is 11.6 Å². The van der Waals surface area contributed by atoms with Crippen LogP contribution in [-0.2, 0) is 24.8 Å². The molecule has 0 unspecified atom stereocenters. The fraction of sp³-hybridized carbons (Fsp3) is 0.130. The molecule has 0 bridgehead atoms. The number of halogens is 2. The monoisotopic (exact) mass is 466 g/mol. The van der Waals surface area contributed by atoms with Crippen molar-refractivity contribution in [1.82, 2.24) is 25.1 Å². The van der Waals surface area contributed by atoms with E-state index in [4.69, 9.17) is 23.2 Å². The lowest BCUT2D eigenvalue weighted by molar-refractivity contribution is -0.120. The molecular weight excluding hydrogens is 447 g/mol. The number of anilines is 2. The standard InChI is InChI=1S/C23H20Cl2N6O/c1-31-14-20(13-29-31)30-23-27-11-18(12-28-23)16-4-2-15(3-5-16)8-22(32)26-10-17-9-19(24)6-7-21(17)25/h2-7,9,11-14H,8,10H2,1H3,(H,26,32)(H,27,28,30). The maximum atomic E-state index is 12.3. The van der Waals surface area contributed by atoms with E-state index < -0.39 is 0 Å². The lowest BCUT2D eigenvalue weighted by Gasteiger charge is -2.08. The summed E-state index contributed by atoms with van der Waals surface area (Å²) in [4.78, 5) is 21.0. The first-order valence-electron chi connectivity index (χ1n) is 9.84. The minimum absolute atomic E-state index is 0.0945. The van der Waals surface area contributed by atoms with Gasteiger partial charge in [0.25, 0.3) is 0 Å². The molecule has 4 aromatic rings. The number of hydrogen-bond donors (Lipinski definition) is 2. The number of benzene rings is 2. The maximum Gasteiger partial charge on any atom is 0.227 e. The fourth-order valence-corrected chi connectivity index (χ4v) is 3.47. The Bertz CT molecular complexity index is 1220. The summed E-state index contributed by atoms with van der Waals surface area (Å²) in [5.74, 6) is 0.401. The average molecular weight is 467 g/mol. The third-order valence-electron chi connectivity index (χ3n) is 4.75. The zero-order chi connectivity index (χ0) is 22.5. The van der Waals surface area contributed by atoms with E-state index in [-0.39, 0.29) is 12.3 Å². The average Bonchev–Trinajstić information content (AvgIpc) is 3.20. The Morgan fingerprint density at radius 3 is 2.44 bits per heavy atom. The van der Waals surface area contributed by atoms with Crippen LogP contribution in [0.3, 0.4) is 0 Å². The summed E-state index contributed by atoms with van der Waals surface area (Å²) in [6.07, 6.45) is 7.32. The zero-order valence-electron chi connectivity index (χ0n) is 17.2. The molecule has 2 aromatic heterocycles. The summed E-state index contributed by atoms with van der Waals surface area (Å²) in [5.41, 5.74) is 4.35. The van der Waals surface area contributed by atoms with Crippen LogP contribution in [-0.4, -0.2) is 25.7 Å². The first-order valence-corrected chi connectivity index (χ1v) is 10.6. The molecule has 2 heterocycles. The van der Waals surface area contributed by atoms with Gasteiger partial charge >= 0.3 is 0 Å². The van der Waals surface area contributed by atoms with Gasteiger partial charge in [0.1, 0.15) is 0 Å². The Hall–Kier alpha value is -3.42. The van der Waals surface area contributed by atoms with Crippen molar-refractivity contribution >= 4 is 40.7 Å². The Kier molecular flexibility index (Phi) is 6.68. The number of nitrogens with zero attached hydrogens (tertiary/aromatic N) is 4. The van der Waals surface area contributed by atoms with Crippen molar-refractivity contribution in [2.24, 2.45) is 7.05 Å². The van der Waals surface area contributed by atoms with Crippen LogP contribution < -0.4 is 10.6 Å². The van der Waals surface area contributed by atoms with E-state index in [1.54, 1.807) is 41.5 Å². The van der Waals surface area contributed by atoms with E-state index in [1.807, 2.05) is 37.5 Å². The number of aryl methyl sites for hydroxylation is 1. The minimum atomic E-state index is -0.0945. The van der Waals surface area contributed by atoms with E-state index in [1.165, 1.54) is 0 Å². The highest BCUT2D eigenvalue weighted by molar-refractivity contribution is 6.33. The molecule has 0 saturated carbocycles. The molecule has 2 N–H and O–H groups in total. The molecule has 32 heavy (non-hydrogen) atoms. The van der Waals surface area contributed by atoms with Crippen molar-refractivity contribution in [3.05, 3.63) is 88.4 Å². The first kappa shape index (κ1) is 21.8. The predicted octanol–water partition coefficient (Wildman–Crippen LogP) is 4.79. The molecule has 0 atom stereocenters. The topological polar surface area (TPSA) is 84.7 Å². The highest BCUT2D eigenvalue weighted by Gasteiger charge is 2.08. The normalized spacial score (nSPS) is 10.7. The molecule has 0 saturated heterocycles. The van der Waals surface area contributed by atoms with E-state index in [0.29, 0.717) is 22.5 Å². The lowest BCUT2D eigenvalue weighted by Crippen LogP contribution is -2.24. The Balaban J connectivity index is 1.33. The maximum absolute atomic E-state index is 12.3. The molecule has 0 radical (unpaired) electrons. The second-order valence-corrected chi connectivity index (χ2v) is 8.05. The van der Waals surface area contributed by atoms with Crippen LogP contribution in [0.1, 0.15) is 11.1 Å². The summed E-state index contributed by atoms with van der Waals surface area (Å²) in [6, 6.07) is 12.9. The highest BCUT2D eigenvalue weighted by Crippen LogP contribution is 2.21. The molecular formula is C23H20Cl2N6O. The van der Waals surface area contributed by atoms with Crippen LogP contribution >= 0.6 is 23.2 Å². The number of hydrogen-bond acceptors (Lipinski definition) is 5. The van der Waals surface area contributed by atoms with Gasteiger partial charge in [-0.2, -0.15) is 5.10 Å². The summed E-state index contributed by atoms with van der Waals surface area (Å²) in [7, 11) is 1.84. The minimum Gasteiger partial charge on any atom is -0.352 e. The van der Waals surface area contributed by atoms with Crippen molar-refractivity contribution in [2.75, 3.05) is 5.32 Å². The molecule has 0 fully saturated rings. The highest BCUT2D eigenvalue weighted by atomic mass is 35.5. The van der Waals surface area contributed by atoms with Crippen molar-refractivity contribution < 1.29 is 4.79 Å². The fourth-order valence-electron chi connectivity index (χ4n) is 3.09. The Morgan fingerprint density at radius 1 is 1.00 bits per heavy atom. The molecule has 2 aromatic carbocycles. The summed E-state index contributed by atoms with van der Waals surface area (Å²) >= 11 is 12.1. The molecule has 9 heteroatoms. The van der Waals surface area contributed by atoms with Gasteiger partial charge < -0.3 is 10.6 Å². The van der Waals surface area contributed by atoms with E-state index in [9.17, 15) is 4.79 Å². The van der Waals surface area contributed by atoms with Gasteiger partial charge in [-0.3, -0.25) is 9.48 Å². The van der Waals surface area contributed by atoms with Gasteiger partial charge in [0, 0.05) is 47.8 Å².